The molecule has 0 saturated carbocycles. The first-order chi connectivity index (χ1) is 8.69. The number of ether oxygens (including phenoxy) is 1. The van der Waals surface area contributed by atoms with Gasteiger partial charge >= 0.3 is 0 Å². The molecular formula is C17H27IO. The molecule has 0 fully saturated rings. The van der Waals surface area contributed by atoms with Crippen molar-refractivity contribution in [2.45, 2.75) is 65.2 Å². The molecule has 0 saturated heterocycles. The van der Waals surface area contributed by atoms with Crippen LogP contribution in [0.15, 0.2) is 12.1 Å². The highest BCUT2D eigenvalue weighted by molar-refractivity contribution is 14.1. The third-order valence-electron chi connectivity index (χ3n) is 4.53. The Morgan fingerprint density at radius 2 is 1.53 bits per heavy atom. The number of halogens is 1. The van der Waals surface area contributed by atoms with Crippen molar-refractivity contribution in [3.8, 4) is 5.75 Å². The molecule has 0 heterocycles. The second-order valence-electron chi connectivity index (χ2n) is 6.51. The van der Waals surface area contributed by atoms with E-state index in [9.17, 15) is 0 Å². The van der Waals surface area contributed by atoms with Crippen LogP contribution < -0.4 is 4.74 Å². The van der Waals surface area contributed by atoms with Crippen molar-refractivity contribution in [2.24, 2.45) is 0 Å². The summed E-state index contributed by atoms with van der Waals surface area (Å²) < 4.78 is 6.88. The zero-order chi connectivity index (χ0) is 14.8. The number of methoxy groups -OCH3 is 1. The second-order valence-corrected chi connectivity index (χ2v) is 7.68. The van der Waals surface area contributed by atoms with Crippen LogP contribution in [0.3, 0.4) is 0 Å². The molecule has 0 aliphatic heterocycles. The molecule has 19 heavy (non-hydrogen) atoms. The van der Waals surface area contributed by atoms with E-state index < -0.39 is 0 Å². The average molecular weight is 374 g/mol. The van der Waals surface area contributed by atoms with Crippen LogP contribution in [0.1, 0.15) is 65.5 Å². The maximum atomic E-state index is 5.66. The zero-order valence-corrected chi connectivity index (χ0v) is 15.5. The predicted molar refractivity (Wildman–Crippen MR) is 92.3 cm³/mol. The second kappa shape index (κ2) is 6.02. The van der Waals surface area contributed by atoms with Gasteiger partial charge in [0.05, 0.1) is 10.7 Å². The Morgan fingerprint density at radius 3 is 1.95 bits per heavy atom. The molecule has 0 aliphatic rings. The first-order valence-corrected chi connectivity index (χ1v) is 8.16. The first kappa shape index (κ1) is 16.8. The Labute approximate surface area is 132 Å². The van der Waals surface area contributed by atoms with Crippen molar-refractivity contribution in [3.05, 3.63) is 26.8 Å². The maximum Gasteiger partial charge on any atom is 0.135 e. The third kappa shape index (κ3) is 3.45. The molecule has 0 aliphatic carbocycles. The monoisotopic (exact) mass is 374 g/mol. The topological polar surface area (TPSA) is 9.23 Å². The lowest BCUT2D eigenvalue weighted by molar-refractivity contribution is 0.384. The molecule has 0 aromatic heterocycles. The van der Waals surface area contributed by atoms with Crippen LogP contribution in [-0.4, -0.2) is 7.11 Å². The summed E-state index contributed by atoms with van der Waals surface area (Å²) in [4.78, 5) is 0. The van der Waals surface area contributed by atoms with E-state index in [0.717, 1.165) is 18.6 Å². The van der Waals surface area contributed by atoms with Gasteiger partial charge in [-0.15, -0.1) is 0 Å². The summed E-state index contributed by atoms with van der Waals surface area (Å²) in [5, 5.41) is 0. The minimum absolute atomic E-state index is 0.144. The van der Waals surface area contributed by atoms with E-state index in [0.29, 0.717) is 0 Å². The standard InChI is InChI=1S/C17H27IO/c1-8-16(3,4)12-10-13(17(5,6)9-2)15(19-7)14(18)11-12/h10-11H,8-9H2,1-7H3. The molecule has 108 valence electrons. The summed E-state index contributed by atoms with van der Waals surface area (Å²) in [6.07, 6.45) is 2.25. The normalized spacial score (nSPS) is 12.6. The third-order valence-corrected chi connectivity index (χ3v) is 5.33. The van der Waals surface area contributed by atoms with Gasteiger partial charge in [-0.1, -0.05) is 47.6 Å². The summed E-state index contributed by atoms with van der Waals surface area (Å²) in [7, 11) is 1.78. The van der Waals surface area contributed by atoms with Gasteiger partial charge in [0.1, 0.15) is 5.75 Å². The molecular weight excluding hydrogens is 347 g/mol. The highest BCUT2D eigenvalue weighted by atomic mass is 127. The summed E-state index contributed by atoms with van der Waals surface area (Å²) >= 11 is 2.40. The van der Waals surface area contributed by atoms with Crippen molar-refractivity contribution in [3.63, 3.8) is 0 Å². The van der Waals surface area contributed by atoms with Crippen LogP contribution in [0.2, 0.25) is 0 Å². The Balaban J connectivity index is 3.52. The fourth-order valence-electron chi connectivity index (χ4n) is 2.09. The van der Waals surface area contributed by atoms with Crippen LogP contribution in [-0.2, 0) is 10.8 Å². The van der Waals surface area contributed by atoms with Crippen LogP contribution in [0.4, 0.5) is 0 Å². The van der Waals surface area contributed by atoms with Crippen molar-refractivity contribution in [2.75, 3.05) is 7.11 Å². The van der Waals surface area contributed by atoms with Crippen molar-refractivity contribution in [1.82, 2.24) is 0 Å². The smallest absolute Gasteiger partial charge is 0.135 e. The Hall–Kier alpha value is -0.250. The van der Waals surface area contributed by atoms with E-state index in [1.165, 1.54) is 14.7 Å². The number of hydrogen-bond donors (Lipinski definition) is 0. The largest absolute Gasteiger partial charge is 0.495 e. The van der Waals surface area contributed by atoms with Gasteiger partial charge in [0.15, 0.2) is 0 Å². The van der Waals surface area contributed by atoms with Crippen molar-refractivity contribution in [1.29, 1.82) is 0 Å². The van der Waals surface area contributed by atoms with Crippen LogP contribution in [0.25, 0.3) is 0 Å². The van der Waals surface area contributed by atoms with Gasteiger partial charge < -0.3 is 4.74 Å². The van der Waals surface area contributed by atoms with Crippen molar-refractivity contribution >= 4 is 22.6 Å². The van der Waals surface area contributed by atoms with Gasteiger partial charge in [-0.05, 0) is 57.9 Å². The van der Waals surface area contributed by atoms with Crippen LogP contribution in [0, 0.1) is 3.57 Å². The molecule has 1 rings (SSSR count). The molecule has 0 bridgehead atoms. The lowest BCUT2D eigenvalue weighted by Gasteiger charge is -2.31. The molecule has 1 nitrogen and oxygen atoms in total. The first-order valence-electron chi connectivity index (χ1n) is 7.08. The van der Waals surface area contributed by atoms with Crippen molar-refractivity contribution < 1.29 is 4.74 Å². The fourth-order valence-corrected chi connectivity index (χ4v) is 2.94. The molecule has 0 unspecified atom stereocenters. The lowest BCUT2D eigenvalue weighted by Crippen LogP contribution is -2.21. The highest BCUT2D eigenvalue weighted by Crippen LogP contribution is 2.41. The lowest BCUT2D eigenvalue weighted by atomic mass is 9.76. The molecule has 0 atom stereocenters. The summed E-state index contributed by atoms with van der Waals surface area (Å²) in [6, 6.07) is 4.63. The molecule has 0 spiro atoms. The highest BCUT2D eigenvalue weighted by Gasteiger charge is 2.28. The van der Waals surface area contributed by atoms with Gasteiger partial charge in [-0.3, -0.25) is 0 Å². The van der Waals surface area contributed by atoms with E-state index in [1.807, 2.05) is 0 Å². The van der Waals surface area contributed by atoms with E-state index >= 15 is 0 Å². The van der Waals surface area contributed by atoms with Gasteiger partial charge in [0.25, 0.3) is 0 Å². The van der Waals surface area contributed by atoms with Gasteiger partial charge in [-0.25, -0.2) is 0 Å². The minimum Gasteiger partial charge on any atom is -0.495 e. The van der Waals surface area contributed by atoms with E-state index in [-0.39, 0.29) is 10.8 Å². The molecule has 0 amide bonds. The fraction of sp³-hybridized carbons (Fsp3) is 0.647. The minimum atomic E-state index is 0.144. The molecule has 1 aromatic carbocycles. The van der Waals surface area contributed by atoms with Crippen LogP contribution >= 0.6 is 22.6 Å². The van der Waals surface area contributed by atoms with Gasteiger partial charge in [0.2, 0.25) is 0 Å². The van der Waals surface area contributed by atoms with E-state index in [4.69, 9.17) is 4.74 Å². The van der Waals surface area contributed by atoms with E-state index in [2.05, 4.69) is 76.3 Å². The average Bonchev–Trinajstić information content (AvgIpc) is 2.37. The Bertz CT molecular complexity index is 447. The quantitative estimate of drug-likeness (QED) is 0.603. The Kier molecular flexibility index (Phi) is 5.33. The number of benzene rings is 1. The molecule has 1 aromatic rings. The predicted octanol–water partition coefficient (Wildman–Crippen LogP) is 5.68. The zero-order valence-electron chi connectivity index (χ0n) is 13.4. The molecule has 0 radical (unpaired) electrons. The van der Waals surface area contributed by atoms with Gasteiger partial charge in [-0.2, -0.15) is 0 Å². The number of rotatable bonds is 5. The summed E-state index contributed by atoms with van der Waals surface area (Å²) in [6.45, 7) is 13.7. The van der Waals surface area contributed by atoms with Crippen LogP contribution in [0.5, 0.6) is 5.75 Å². The summed E-state index contributed by atoms with van der Waals surface area (Å²) in [5.41, 5.74) is 3.10. The van der Waals surface area contributed by atoms with Gasteiger partial charge in [0, 0.05) is 5.56 Å². The Morgan fingerprint density at radius 1 is 1.00 bits per heavy atom. The SMILES string of the molecule is CCC(C)(C)c1cc(I)c(OC)c(C(C)(C)CC)c1. The molecule has 0 N–H and O–H groups in total. The van der Waals surface area contributed by atoms with E-state index in [1.54, 1.807) is 7.11 Å². The molecule has 2 heteroatoms. The maximum absolute atomic E-state index is 5.66. The summed E-state index contributed by atoms with van der Waals surface area (Å²) in [5.74, 6) is 1.04. The number of hydrogen-bond acceptors (Lipinski definition) is 1.